The number of nitrogens with two attached hydrogens (primary N) is 1. The number of rotatable bonds is 1. The highest BCUT2D eigenvalue weighted by atomic mass is 35.5. The van der Waals surface area contributed by atoms with Gasteiger partial charge >= 0.3 is 7.12 Å². The molecule has 0 aliphatic carbocycles. The number of ether oxygens (including phenoxy) is 2. The Bertz CT molecular complexity index is 417. The van der Waals surface area contributed by atoms with Gasteiger partial charge in [0.1, 0.15) is 0 Å². The predicted molar refractivity (Wildman–Crippen MR) is 60.3 cm³/mol. The van der Waals surface area contributed by atoms with E-state index in [4.69, 9.17) is 19.9 Å². The van der Waals surface area contributed by atoms with Gasteiger partial charge in [0.15, 0.2) is 11.5 Å². The molecule has 0 saturated heterocycles. The van der Waals surface area contributed by atoms with Gasteiger partial charge in [-0.3, -0.25) is 0 Å². The van der Waals surface area contributed by atoms with E-state index in [2.05, 4.69) is 0 Å². The van der Waals surface area contributed by atoms with Gasteiger partial charge in [0, 0.05) is 12.0 Å². The van der Waals surface area contributed by atoms with Gasteiger partial charge in [-0.15, -0.1) is 12.4 Å². The largest absolute Gasteiger partial charge is 0.496 e. The SMILES string of the molecule is Cl.NCC1OB(O)c2c1ccc1c2OCO1. The molecule has 0 aromatic heterocycles. The molecule has 3 N–H and O–H groups in total. The zero-order valence-corrected chi connectivity index (χ0v) is 9.20. The van der Waals surface area contributed by atoms with Gasteiger partial charge in [0.05, 0.1) is 6.10 Å². The van der Waals surface area contributed by atoms with Gasteiger partial charge < -0.3 is 24.9 Å². The van der Waals surface area contributed by atoms with Gasteiger partial charge in [0.2, 0.25) is 6.79 Å². The van der Waals surface area contributed by atoms with Crippen LogP contribution >= 0.6 is 12.4 Å². The minimum Gasteiger partial charge on any atom is -0.454 e. The molecule has 2 aliphatic rings. The molecule has 0 amide bonds. The van der Waals surface area contributed by atoms with Gasteiger partial charge in [-0.2, -0.15) is 0 Å². The summed E-state index contributed by atoms with van der Waals surface area (Å²) >= 11 is 0. The average molecular weight is 243 g/mol. The first-order chi connectivity index (χ1) is 7.31. The second-order valence-corrected chi connectivity index (χ2v) is 3.52. The van der Waals surface area contributed by atoms with Crippen LogP contribution in [0.15, 0.2) is 12.1 Å². The normalized spacial score (nSPS) is 20.6. The molecule has 7 heteroatoms. The molecule has 0 spiro atoms. The van der Waals surface area contributed by atoms with E-state index in [0.29, 0.717) is 23.5 Å². The fourth-order valence-corrected chi connectivity index (χ4v) is 2.02. The number of halogens is 1. The van der Waals surface area contributed by atoms with Crippen molar-refractivity contribution in [2.24, 2.45) is 5.73 Å². The summed E-state index contributed by atoms with van der Waals surface area (Å²) in [7, 11) is -0.967. The van der Waals surface area contributed by atoms with Crippen molar-refractivity contribution in [3.8, 4) is 11.5 Å². The molecule has 1 atom stereocenters. The van der Waals surface area contributed by atoms with Crippen LogP contribution in [0, 0.1) is 0 Å². The lowest BCUT2D eigenvalue weighted by molar-refractivity contribution is 0.174. The second-order valence-electron chi connectivity index (χ2n) is 3.52. The molecule has 2 heterocycles. The lowest BCUT2D eigenvalue weighted by Crippen LogP contribution is -2.29. The quantitative estimate of drug-likeness (QED) is 0.654. The highest BCUT2D eigenvalue weighted by molar-refractivity contribution is 6.63. The fourth-order valence-electron chi connectivity index (χ4n) is 2.02. The summed E-state index contributed by atoms with van der Waals surface area (Å²) in [5, 5.41) is 9.73. The van der Waals surface area contributed by atoms with E-state index in [1.54, 1.807) is 0 Å². The van der Waals surface area contributed by atoms with Crippen LogP contribution < -0.4 is 20.7 Å². The summed E-state index contributed by atoms with van der Waals surface area (Å²) in [4.78, 5) is 0. The maximum absolute atomic E-state index is 9.73. The number of hydrogen-bond donors (Lipinski definition) is 2. The summed E-state index contributed by atoms with van der Waals surface area (Å²) in [5.41, 5.74) is 7.08. The molecular weight excluding hydrogens is 232 g/mol. The number of hydrogen-bond acceptors (Lipinski definition) is 5. The lowest BCUT2D eigenvalue weighted by atomic mass is 9.78. The molecule has 1 unspecified atom stereocenters. The van der Waals surface area contributed by atoms with E-state index in [9.17, 15) is 5.02 Å². The molecule has 5 nitrogen and oxygen atoms in total. The van der Waals surface area contributed by atoms with Crippen LogP contribution in [0.5, 0.6) is 11.5 Å². The van der Waals surface area contributed by atoms with Crippen LogP contribution in [0.1, 0.15) is 11.7 Å². The molecule has 2 aliphatic heterocycles. The Morgan fingerprint density at radius 1 is 1.44 bits per heavy atom. The van der Waals surface area contributed by atoms with Crippen molar-refractivity contribution in [3.63, 3.8) is 0 Å². The summed E-state index contributed by atoms with van der Waals surface area (Å²) in [6.45, 7) is 0.523. The Morgan fingerprint density at radius 2 is 2.25 bits per heavy atom. The molecule has 1 aromatic carbocycles. The smallest absolute Gasteiger partial charge is 0.454 e. The Morgan fingerprint density at radius 3 is 3.00 bits per heavy atom. The first kappa shape index (κ1) is 11.5. The zero-order valence-electron chi connectivity index (χ0n) is 8.38. The standard InChI is InChI=1S/C9H10BNO4.ClH/c11-3-7-5-1-2-6-9(14-4-13-6)8(5)10(12)15-7;/h1-2,7,12H,3-4,11H2;1H. The van der Waals surface area contributed by atoms with Crippen molar-refractivity contribution in [1.82, 2.24) is 0 Å². The van der Waals surface area contributed by atoms with E-state index < -0.39 is 7.12 Å². The third-order valence-corrected chi connectivity index (χ3v) is 2.71. The van der Waals surface area contributed by atoms with Crippen LogP contribution in [-0.4, -0.2) is 25.5 Å². The third kappa shape index (κ3) is 1.46. The van der Waals surface area contributed by atoms with Crippen LogP contribution in [0.3, 0.4) is 0 Å². The third-order valence-electron chi connectivity index (χ3n) is 2.71. The lowest BCUT2D eigenvalue weighted by Gasteiger charge is -2.08. The Labute approximate surface area is 99.0 Å². The summed E-state index contributed by atoms with van der Waals surface area (Å²) < 4.78 is 15.8. The van der Waals surface area contributed by atoms with Crippen molar-refractivity contribution < 1.29 is 19.2 Å². The van der Waals surface area contributed by atoms with E-state index in [1.165, 1.54) is 0 Å². The van der Waals surface area contributed by atoms with E-state index in [0.717, 1.165) is 5.56 Å². The number of benzene rings is 1. The molecule has 16 heavy (non-hydrogen) atoms. The van der Waals surface area contributed by atoms with Crippen LogP contribution in [0.2, 0.25) is 0 Å². The molecule has 0 radical (unpaired) electrons. The van der Waals surface area contributed by atoms with Crippen LogP contribution in [0.4, 0.5) is 0 Å². The summed E-state index contributed by atoms with van der Waals surface area (Å²) in [6, 6.07) is 3.67. The Kier molecular flexibility index (Phi) is 2.99. The van der Waals surface area contributed by atoms with Crippen molar-refractivity contribution in [3.05, 3.63) is 17.7 Å². The predicted octanol–water partition coefficient (Wildman–Crippen LogP) is -0.445. The van der Waals surface area contributed by atoms with Crippen molar-refractivity contribution in [2.75, 3.05) is 13.3 Å². The molecule has 0 saturated carbocycles. The second kappa shape index (κ2) is 4.14. The van der Waals surface area contributed by atoms with Gasteiger partial charge in [-0.25, -0.2) is 0 Å². The van der Waals surface area contributed by atoms with Gasteiger partial charge in [-0.1, -0.05) is 6.07 Å². The van der Waals surface area contributed by atoms with E-state index in [-0.39, 0.29) is 25.3 Å². The molecule has 3 rings (SSSR count). The van der Waals surface area contributed by atoms with Crippen molar-refractivity contribution in [2.45, 2.75) is 6.10 Å². The van der Waals surface area contributed by atoms with Crippen LogP contribution in [-0.2, 0) is 4.65 Å². The van der Waals surface area contributed by atoms with Crippen molar-refractivity contribution in [1.29, 1.82) is 0 Å². The Balaban J connectivity index is 0.000000963. The van der Waals surface area contributed by atoms with E-state index in [1.807, 2.05) is 12.1 Å². The van der Waals surface area contributed by atoms with Gasteiger partial charge in [-0.05, 0) is 11.6 Å². The fraction of sp³-hybridized carbons (Fsp3) is 0.333. The summed E-state index contributed by atoms with van der Waals surface area (Å²) in [6.07, 6.45) is -0.260. The van der Waals surface area contributed by atoms with Gasteiger partial charge in [0.25, 0.3) is 0 Å². The highest BCUT2D eigenvalue weighted by Crippen LogP contribution is 2.36. The molecule has 1 aromatic rings. The first-order valence-corrected chi connectivity index (χ1v) is 4.77. The number of fused-ring (bicyclic) bond motifs is 3. The van der Waals surface area contributed by atoms with Crippen LogP contribution in [0.25, 0.3) is 0 Å². The highest BCUT2D eigenvalue weighted by Gasteiger charge is 2.39. The minimum absolute atomic E-state index is 0. The zero-order chi connectivity index (χ0) is 10.4. The molecule has 0 fully saturated rings. The average Bonchev–Trinajstić information content (AvgIpc) is 2.81. The molecule has 0 bridgehead atoms. The van der Waals surface area contributed by atoms with Crippen molar-refractivity contribution >= 4 is 25.0 Å². The molecular formula is C9H11BClNO4. The minimum atomic E-state index is -0.967. The summed E-state index contributed by atoms with van der Waals surface area (Å²) in [5.74, 6) is 1.23. The van der Waals surface area contributed by atoms with E-state index >= 15 is 0 Å². The monoisotopic (exact) mass is 243 g/mol. The maximum Gasteiger partial charge on any atom is 0.496 e. The first-order valence-electron chi connectivity index (χ1n) is 4.77. The Hall–Kier alpha value is -0.945. The maximum atomic E-state index is 9.73. The molecule has 86 valence electrons. The topological polar surface area (TPSA) is 73.9 Å².